The zero-order valence-electron chi connectivity index (χ0n) is 17.3. The van der Waals surface area contributed by atoms with Crippen LogP contribution in [0.3, 0.4) is 0 Å². The highest BCUT2D eigenvalue weighted by molar-refractivity contribution is 5.94. The maximum atomic E-state index is 12.7. The molecule has 0 unspecified atom stereocenters. The van der Waals surface area contributed by atoms with E-state index in [1.165, 1.54) is 0 Å². The van der Waals surface area contributed by atoms with Crippen LogP contribution in [0.25, 0.3) is 0 Å². The summed E-state index contributed by atoms with van der Waals surface area (Å²) in [7, 11) is 0. The van der Waals surface area contributed by atoms with Crippen LogP contribution in [0.2, 0.25) is 0 Å². The van der Waals surface area contributed by atoms with Gasteiger partial charge < -0.3 is 19.6 Å². The normalized spacial score (nSPS) is 16.7. The van der Waals surface area contributed by atoms with E-state index in [2.05, 4.69) is 20.8 Å². The minimum absolute atomic E-state index is 0.0134. The molecular formula is C21H32N2O5. The number of amides is 2. The summed E-state index contributed by atoms with van der Waals surface area (Å²) in [5, 5.41) is 6.89. The van der Waals surface area contributed by atoms with E-state index in [0.29, 0.717) is 32.0 Å². The lowest BCUT2D eigenvalue weighted by atomic mass is 9.99. The molecule has 0 spiro atoms. The summed E-state index contributed by atoms with van der Waals surface area (Å²) in [6, 6.07) is 7.57. The second-order valence-electron chi connectivity index (χ2n) is 7.00. The number of carbonyl (C=O) groups excluding carboxylic acids is 2. The first-order valence-corrected chi connectivity index (χ1v) is 9.76. The standard InChI is InChI=1S/C20H30N2O3.CH2O2/c1-5-16-9-7-8-10-18(16)25-12-11-22-17(13-15(3)4)20(24)21(6-2)14-19(22)23;2-1-3/h7-10,15,17H,5-6,11-14H2,1-4H3;1H,(H,2,3)/t17-;/m0./s1. The molecule has 2 rings (SSSR count). The van der Waals surface area contributed by atoms with Crippen LogP contribution in [-0.2, 0) is 20.8 Å². The van der Waals surface area contributed by atoms with Crippen molar-refractivity contribution in [3.05, 3.63) is 29.8 Å². The van der Waals surface area contributed by atoms with Gasteiger partial charge in [0.1, 0.15) is 18.4 Å². The van der Waals surface area contributed by atoms with Crippen molar-refractivity contribution in [2.24, 2.45) is 5.92 Å². The Kier molecular flexibility index (Phi) is 10.1. The van der Waals surface area contributed by atoms with Gasteiger partial charge in [-0.25, -0.2) is 0 Å². The number of rotatable bonds is 8. The van der Waals surface area contributed by atoms with Gasteiger partial charge in [-0.1, -0.05) is 39.0 Å². The molecule has 2 amide bonds. The minimum Gasteiger partial charge on any atom is -0.491 e. The second-order valence-corrected chi connectivity index (χ2v) is 7.00. The number of hydrogen-bond acceptors (Lipinski definition) is 4. The van der Waals surface area contributed by atoms with Crippen LogP contribution in [0.4, 0.5) is 0 Å². The monoisotopic (exact) mass is 392 g/mol. The van der Waals surface area contributed by atoms with Crippen LogP contribution in [0.15, 0.2) is 24.3 Å². The van der Waals surface area contributed by atoms with E-state index >= 15 is 0 Å². The van der Waals surface area contributed by atoms with Gasteiger partial charge in [0.05, 0.1) is 13.1 Å². The van der Waals surface area contributed by atoms with E-state index in [1.807, 2.05) is 31.2 Å². The average molecular weight is 392 g/mol. The first-order chi connectivity index (χ1) is 13.4. The summed E-state index contributed by atoms with van der Waals surface area (Å²) >= 11 is 0. The van der Waals surface area contributed by atoms with Gasteiger partial charge in [-0.15, -0.1) is 0 Å². The molecule has 1 aromatic carbocycles. The quantitative estimate of drug-likeness (QED) is 0.687. The Morgan fingerprint density at radius 1 is 1.25 bits per heavy atom. The maximum absolute atomic E-state index is 12.7. The fourth-order valence-corrected chi connectivity index (χ4v) is 3.26. The Balaban J connectivity index is 0.00000122. The molecule has 7 heteroatoms. The summed E-state index contributed by atoms with van der Waals surface area (Å²) in [5.74, 6) is 1.28. The molecule has 1 aliphatic heterocycles. The molecule has 28 heavy (non-hydrogen) atoms. The number of benzene rings is 1. The number of carboxylic acid groups (broad SMARTS) is 1. The lowest BCUT2D eigenvalue weighted by Gasteiger charge is -2.40. The molecule has 0 aliphatic carbocycles. The van der Waals surface area contributed by atoms with Crippen molar-refractivity contribution in [3.63, 3.8) is 0 Å². The van der Waals surface area contributed by atoms with Crippen molar-refractivity contribution in [3.8, 4) is 5.75 Å². The van der Waals surface area contributed by atoms with Gasteiger partial charge in [0.25, 0.3) is 6.47 Å². The topological polar surface area (TPSA) is 87.2 Å². The van der Waals surface area contributed by atoms with Crippen molar-refractivity contribution in [1.29, 1.82) is 0 Å². The van der Waals surface area contributed by atoms with Crippen molar-refractivity contribution in [2.75, 3.05) is 26.2 Å². The first kappa shape index (κ1) is 23.5. The van der Waals surface area contributed by atoms with E-state index in [4.69, 9.17) is 14.6 Å². The summed E-state index contributed by atoms with van der Waals surface area (Å²) in [6.07, 6.45) is 1.59. The second kappa shape index (κ2) is 12.0. The van der Waals surface area contributed by atoms with Crippen molar-refractivity contribution >= 4 is 18.3 Å². The maximum Gasteiger partial charge on any atom is 0.290 e. The number of ether oxygens (including phenoxy) is 1. The van der Waals surface area contributed by atoms with Crippen LogP contribution in [-0.4, -0.2) is 65.5 Å². The third kappa shape index (κ3) is 6.55. The van der Waals surface area contributed by atoms with E-state index in [9.17, 15) is 9.59 Å². The first-order valence-electron chi connectivity index (χ1n) is 9.76. The molecule has 1 N–H and O–H groups in total. The van der Waals surface area contributed by atoms with Gasteiger partial charge in [-0.3, -0.25) is 14.4 Å². The minimum atomic E-state index is -0.369. The van der Waals surface area contributed by atoms with Gasteiger partial charge >= 0.3 is 0 Å². The number of piperazine rings is 1. The zero-order chi connectivity index (χ0) is 21.1. The van der Waals surface area contributed by atoms with E-state index in [1.54, 1.807) is 9.80 Å². The molecule has 0 bridgehead atoms. The van der Waals surface area contributed by atoms with Crippen molar-refractivity contribution in [1.82, 2.24) is 9.80 Å². The predicted molar refractivity (Wildman–Crippen MR) is 107 cm³/mol. The lowest BCUT2D eigenvalue weighted by Crippen LogP contribution is -2.60. The predicted octanol–water partition coefficient (Wildman–Crippen LogP) is 2.43. The fraction of sp³-hybridized carbons (Fsp3) is 0.571. The summed E-state index contributed by atoms with van der Waals surface area (Å²) in [5.41, 5.74) is 1.15. The molecule has 1 fully saturated rings. The summed E-state index contributed by atoms with van der Waals surface area (Å²) < 4.78 is 5.90. The Morgan fingerprint density at radius 2 is 1.89 bits per heavy atom. The Hall–Kier alpha value is -2.57. The highest BCUT2D eigenvalue weighted by Gasteiger charge is 2.38. The molecule has 1 heterocycles. The van der Waals surface area contributed by atoms with Gasteiger partial charge in [0.15, 0.2) is 0 Å². The van der Waals surface area contributed by atoms with Crippen molar-refractivity contribution < 1.29 is 24.2 Å². The molecule has 0 radical (unpaired) electrons. The smallest absolute Gasteiger partial charge is 0.290 e. The van der Waals surface area contributed by atoms with Gasteiger partial charge in [-0.2, -0.15) is 0 Å². The summed E-state index contributed by atoms with van der Waals surface area (Å²) in [4.78, 5) is 36.9. The molecule has 156 valence electrons. The average Bonchev–Trinajstić information content (AvgIpc) is 2.67. The Morgan fingerprint density at radius 3 is 2.46 bits per heavy atom. The number of aryl methyl sites for hydroxylation is 1. The lowest BCUT2D eigenvalue weighted by molar-refractivity contribution is -0.156. The van der Waals surface area contributed by atoms with Crippen LogP contribution < -0.4 is 4.74 Å². The Bertz CT molecular complexity index is 647. The molecule has 1 aromatic rings. The number of nitrogens with zero attached hydrogens (tertiary/aromatic N) is 2. The molecule has 1 saturated heterocycles. The SMILES string of the molecule is CCc1ccccc1OCCN1C(=O)CN(CC)C(=O)[C@@H]1CC(C)C.O=CO. The van der Waals surface area contributed by atoms with Crippen molar-refractivity contribution in [2.45, 2.75) is 46.6 Å². The molecule has 7 nitrogen and oxygen atoms in total. The highest BCUT2D eigenvalue weighted by atomic mass is 16.5. The zero-order valence-corrected chi connectivity index (χ0v) is 17.3. The number of hydrogen-bond donors (Lipinski definition) is 1. The number of likely N-dealkylation sites (N-methyl/N-ethyl adjacent to an activating group) is 1. The fourth-order valence-electron chi connectivity index (χ4n) is 3.26. The molecule has 0 aromatic heterocycles. The highest BCUT2D eigenvalue weighted by Crippen LogP contribution is 2.21. The van der Waals surface area contributed by atoms with Crippen LogP contribution in [0.1, 0.15) is 39.7 Å². The third-order valence-electron chi connectivity index (χ3n) is 4.64. The largest absolute Gasteiger partial charge is 0.491 e. The third-order valence-corrected chi connectivity index (χ3v) is 4.64. The molecular weight excluding hydrogens is 360 g/mol. The van der Waals surface area contributed by atoms with Gasteiger partial charge in [-0.05, 0) is 37.3 Å². The van der Waals surface area contributed by atoms with Gasteiger partial charge in [0, 0.05) is 6.54 Å². The van der Waals surface area contributed by atoms with Crippen LogP contribution in [0.5, 0.6) is 5.75 Å². The molecule has 1 aliphatic rings. The van der Waals surface area contributed by atoms with Crippen LogP contribution in [0, 0.1) is 5.92 Å². The number of carbonyl (C=O) groups is 3. The van der Waals surface area contributed by atoms with Crippen LogP contribution >= 0.6 is 0 Å². The molecule has 0 saturated carbocycles. The Labute approximate surface area is 167 Å². The van der Waals surface area contributed by atoms with E-state index < -0.39 is 0 Å². The molecule has 1 atom stereocenters. The number of para-hydroxylation sites is 1. The van der Waals surface area contributed by atoms with E-state index in [-0.39, 0.29) is 30.9 Å². The summed E-state index contributed by atoms with van der Waals surface area (Å²) in [6.45, 7) is 9.51. The van der Waals surface area contributed by atoms with Gasteiger partial charge in [0.2, 0.25) is 11.8 Å². The van der Waals surface area contributed by atoms with E-state index in [0.717, 1.165) is 17.7 Å².